The zero-order valence-electron chi connectivity index (χ0n) is 9.47. The number of hydrogen-bond acceptors (Lipinski definition) is 3. The highest BCUT2D eigenvalue weighted by molar-refractivity contribution is 7.80. The second-order valence-electron chi connectivity index (χ2n) is 3.48. The van der Waals surface area contributed by atoms with Gasteiger partial charge in [-0.1, -0.05) is 42.5 Å². The molecule has 0 bridgehead atoms. The van der Waals surface area contributed by atoms with Gasteiger partial charge < -0.3 is 0 Å². The van der Waals surface area contributed by atoms with Crippen LogP contribution in [0.2, 0.25) is 0 Å². The number of nitrogens with one attached hydrogen (secondary N) is 1. The molecular weight excluding hydrogens is 238 g/mol. The monoisotopic (exact) mass is 252 g/mol. The first-order chi connectivity index (χ1) is 8.00. The molecule has 0 saturated heterocycles. The third-order valence-corrected chi connectivity index (χ3v) is 2.49. The molecular formula is C11H14N3O2S+. The molecule has 1 rings (SSSR count). The molecule has 90 valence electrons. The van der Waals surface area contributed by atoms with Crippen LogP contribution in [0.3, 0.4) is 0 Å². The Morgan fingerprint density at radius 3 is 2.47 bits per heavy atom. The Labute approximate surface area is 105 Å². The quantitative estimate of drug-likeness (QED) is 0.431. The number of nitrogens with zero attached hydrogens (tertiary/aromatic N) is 1. The lowest BCUT2D eigenvalue weighted by molar-refractivity contribution is -0.304. The maximum atomic E-state index is 11.3. The number of thiocarbonyl (C=S) groups is 1. The van der Waals surface area contributed by atoms with Gasteiger partial charge in [-0.05, 0) is 0 Å². The van der Waals surface area contributed by atoms with Crippen LogP contribution in [-0.2, 0) is 9.59 Å². The predicted octanol–water partition coefficient (Wildman–Crippen LogP) is -0.516. The molecule has 0 aliphatic carbocycles. The molecule has 0 aliphatic heterocycles. The minimum Gasteiger partial charge on any atom is -0.294 e. The fourth-order valence-electron chi connectivity index (χ4n) is 1.23. The number of carbonyl (C=O) groups is 2. The number of benzene rings is 1. The van der Waals surface area contributed by atoms with E-state index in [2.05, 4.69) is 11.2 Å². The van der Waals surface area contributed by atoms with Gasteiger partial charge in [0.15, 0.2) is 0 Å². The molecule has 0 radical (unpaired) electrons. The molecule has 0 atom stereocenters. The number of amides is 2. The summed E-state index contributed by atoms with van der Waals surface area (Å²) < 4.78 is 0. The van der Waals surface area contributed by atoms with Crippen LogP contribution in [0.15, 0.2) is 30.3 Å². The van der Waals surface area contributed by atoms with E-state index in [1.165, 1.54) is 5.01 Å². The summed E-state index contributed by atoms with van der Waals surface area (Å²) >= 11 is 5.19. The molecule has 0 saturated carbocycles. The van der Waals surface area contributed by atoms with Gasteiger partial charge in [-0.15, -0.1) is 0 Å². The van der Waals surface area contributed by atoms with E-state index in [-0.39, 0.29) is 6.42 Å². The smallest absolute Gasteiger partial charge is 0.294 e. The average molecular weight is 252 g/mol. The summed E-state index contributed by atoms with van der Waals surface area (Å²) in [5.41, 5.74) is 6.46. The molecule has 0 unspecified atom stereocenters. The fraction of sp³-hybridized carbons (Fsp3) is 0.182. The zero-order valence-corrected chi connectivity index (χ0v) is 10.3. The lowest BCUT2D eigenvalue weighted by Crippen LogP contribution is -2.59. The minimum atomic E-state index is -0.429. The van der Waals surface area contributed by atoms with E-state index in [4.69, 9.17) is 12.2 Å². The van der Waals surface area contributed by atoms with Crippen molar-refractivity contribution in [2.75, 3.05) is 7.05 Å². The highest BCUT2D eigenvalue weighted by atomic mass is 32.1. The Morgan fingerprint density at radius 1 is 1.35 bits per heavy atom. The van der Waals surface area contributed by atoms with Gasteiger partial charge in [0.2, 0.25) is 0 Å². The Balaban J connectivity index is 2.59. The van der Waals surface area contributed by atoms with Gasteiger partial charge in [0.25, 0.3) is 5.91 Å². The largest absolute Gasteiger partial charge is 0.318 e. The van der Waals surface area contributed by atoms with Gasteiger partial charge >= 0.3 is 5.91 Å². The molecule has 0 aliphatic rings. The van der Waals surface area contributed by atoms with Crippen LogP contribution in [0.4, 0.5) is 0 Å². The van der Waals surface area contributed by atoms with E-state index in [1.54, 1.807) is 7.05 Å². The van der Waals surface area contributed by atoms with Gasteiger partial charge in [0, 0.05) is 12.6 Å². The van der Waals surface area contributed by atoms with E-state index in [0.29, 0.717) is 4.99 Å². The highest BCUT2D eigenvalue weighted by Gasteiger charge is 2.13. The van der Waals surface area contributed by atoms with Gasteiger partial charge in [-0.3, -0.25) is 21.0 Å². The molecule has 0 spiro atoms. The lowest BCUT2D eigenvalue weighted by atomic mass is 10.2. The normalized spacial score (nSPS) is 9.53. The van der Waals surface area contributed by atoms with Crippen molar-refractivity contribution in [2.24, 2.45) is 0 Å². The van der Waals surface area contributed by atoms with Crippen LogP contribution in [0, 0.1) is 0 Å². The first-order valence-electron chi connectivity index (χ1n) is 4.98. The topological polar surface area (TPSA) is 77.1 Å². The molecule has 6 heteroatoms. The maximum Gasteiger partial charge on any atom is 0.318 e. The average Bonchev–Trinajstić information content (AvgIpc) is 2.28. The Kier molecular flexibility index (Phi) is 4.74. The molecule has 17 heavy (non-hydrogen) atoms. The van der Waals surface area contributed by atoms with Gasteiger partial charge in [0.05, 0.1) is 0 Å². The van der Waals surface area contributed by atoms with Crippen molar-refractivity contribution in [1.29, 1.82) is 0 Å². The summed E-state index contributed by atoms with van der Waals surface area (Å²) in [6.07, 6.45) is -0.248. The first kappa shape index (κ1) is 13.3. The number of rotatable bonds is 3. The molecule has 2 amide bonds. The zero-order chi connectivity index (χ0) is 12.8. The predicted molar refractivity (Wildman–Crippen MR) is 66.6 cm³/mol. The Bertz CT molecular complexity index is 434. The SMILES string of the molecule is CN(NC(=O)CC([NH3+])=O)C(=S)c1ccccc1. The second kappa shape index (κ2) is 6.07. The molecule has 4 N–H and O–H groups in total. The summed E-state index contributed by atoms with van der Waals surface area (Å²) in [6, 6.07) is 9.29. The fourth-order valence-corrected chi connectivity index (χ4v) is 1.41. The maximum absolute atomic E-state index is 11.3. The van der Waals surface area contributed by atoms with Crippen LogP contribution >= 0.6 is 12.2 Å². The standard InChI is InChI=1S/C11H13N3O2S/c1-14(13-10(16)7-9(12)15)11(17)8-5-3-2-4-6-8/h2-6H,7H2,1H3,(H2,12,15)(H,13,16)/p+1. The second-order valence-corrected chi connectivity index (χ2v) is 3.87. The molecule has 1 aromatic carbocycles. The van der Waals surface area contributed by atoms with E-state index in [1.807, 2.05) is 30.3 Å². The summed E-state index contributed by atoms with van der Waals surface area (Å²) in [7, 11) is 1.63. The molecule has 0 heterocycles. The molecule has 0 fully saturated rings. The molecule has 1 aromatic rings. The van der Waals surface area contributed by atoms with Crippen LogP contribution in [0.25, 0.3) is 0 Å². The third kappa shape index (κ3) is 4.29. The van der Waals surface area contributed by atoms with Crippen LogP contribution in [-0.4, -0.2) is 28.9 Å². The minimum absolute atomic E-state index is 0.248. The number of hydrazine groups is 1. The van der Waals surface area contributed by atoms with Crippen LogP contribution < -0.4 is 11.2 Å². The Morgan fingerprint density at radius 2 is 1.94 bits per heavy atom. The van der Waals surface area contributed by atoms with E-state index < -0.39 is 11.8 Å². The van der Waals surface area contributed by atoms with Gasteiger partial charge in [-0.25, -0.2) is 4.79 Å². The van der Waals surface area contributed by atoms with Crippen molar-refractivity contribution < 1.29 is 15.3 Å². The summed E-state index contributed by atoms with van der Waals surface area (Å²) in [6.45, 7) is 0. The van der Waals surface area contributed by atoms with Crippen LogP contribution in [0.1, 0.15) is 12.0 Å². The summed E-state index contributed by atoms with van der Waals surface area (Å²) in [5, 5.41) is 1.41. The Hall–Kier alpha value is -1.79. The van der Waals surface area contributed by atoms with E-state index in [9.17, 15) is 9.59 Å². The summed E-state index contributed by atoms with van der Waals surface area (Å²) in [4.78, 5) is 22.5. The third-order valence-electron chi connectivity index (χ3n) is 1.98. The van der Waals surface area contributed by atoms with Crippen LogP contribution in [0.5, 0.6) is 0 Å². The van der Waals surface area contributed by atoms with Crippen molar-refractivity contribution >= 4 is 29.0 Å². The number of quaternary nitrogens is 1. The van der Waals surface area contributed by atoms with E-state index >= 15 is 0 Å². The highest BCUT2D eigenvalue weighted by Crippen LogP contribution is 2.02. The first-order valence-corrected chi connectivity index (χ1v) is 5.39. The summed E-state index contributed by atoms with van der Waals surface area (Å²) in [5.74, 6) is -0.854. The van der Waals surface area contributed by atoms with E-state index in [0.717, 1.165) is 5.56 Å². The lowest BCUT2D eigenvalue weighted by Gasteiger charge is -2.20. The van der Waals surface area contributed by atoms with Gasteiger partial charge in [0.1, 0.15) is 11.4 Å². The molecule has 0 aromatic heterocycles. The molecule has 5 nitrogen and oxygen atoms in total. The van der Waals surface area contributed by atoms with Crippen molar-refractivity contribution in [3.05, 3.63) is 35.9 Å². The van der Waals surface area contributed by atoms with Crippen molar-refractivity contribution in [1.82, 2.24) is 10.4 Å². The van der Waals surface area contributed by atoms with Crippen molar-refractivity contribution in [3.63, 3.8) is 0 Å². The van der Waals surface area contributed by atoms with Gasteiger partial charge in [-0.2, -0.15) is 0 Å². The van der Waals surface area contributed by atoms with Crippen molar-refractivity contribution in [2.45, 2.75) is 6.42 Å². The number of carbonyl (C=O) groups excluding carboxylic acids is 2. The number of hydrogen-bond donors (Lipinski definition) is 2. The van der Waals surface area contributed by atoms with Crippen molar-refractivity contribution in [3.8, 4) is 0 Å².